The summed E-state index contributed by atoms with van der Waals surface area (Å²) in [5.41, 5.74) is 0. The Kier molecular flexibility index (Phi) is 4.35. The Labute approximate surface area is 113 Å². The van der Waals surface area contributed by atoms with Gasteiger partial charge in [0, 0.05) is 6.26 Å². The van der Waals surface area contributed by atoms with E-state index in [4.69, 9.17) is 0 Å². The van der Waals surface area contributed by atoms with Crippen molar-refractivity contribution in [3.8, 4) is 0 Å². The van der Waals surface area contributed by atoms with Gasteiger partial charge in [0.1, 0.15) is 6.10 Å². The molecule has 0 bridgehead atoms. The Bertz CT molecular complexity index is 549. The van der Waals surface area contributed by atoms with E-state index in [2.05, 4.69) is 4.74 Å². The topological polar surface area (TPSA) is 80.7 Å². The van der Waals surface area contributed by atoms with Crippen molar-refractivity contribution >= 4 is 15.8 Å². The molecule has 1 aliphatic carbocycles. The first-order valence-corrected chi connectivity index (χ1v) is 7.33. The van der Waals surface area contributed by atoms with Crippen LogP contribution in [0.4, 0.5) is 13.2 Å². The normalized spacial score (nSPS) is 28.4. The molecular weight excluding hydrogens is 301 g/mol. The molecule has 0 aromatic rings. The number of hydrogen-bond donors (Lipinski definition) is 1. The van der Waals surface area contributed by atoms with E-state index in [-0.39, 0.29) is 0 Å². The van der Waals surface area contributed by atoms with Crippen molar-refractivity contribution in [3.05, 3.63) is 24.3 Å². The number of allylic oxidation sites excluding steroid dienone is 2. The van der Waals surface area contributed by atoms with Gasteiger partial charge in [0.25, 0.3) is 0 Å². The molecule has 0 aromatic carbocycles. The van der Waals surface area contributed by atoms with Gasteiger partial charge < -0.3 is 9.84 Å². The molecule has 1 N–H and O–H groups in total. The molecule has 5 nitrogen and oxygen atoms in total. The number of carboxylic acid groups (broad SMARTS) is 1. The fourth-order valence-electron chi connectivity index (χ4n) is 1.73. The predicted octanol–water partition coefficient (Wildman–Crippen LogP) is 1.32. The molecule has 1 rings (SSSR count). The average molecular weight is 314 g/mol. The number of halogens is 3. The molecule has 0 spiro atoms. The second-order valence-electron chi connectivity index (χ2n) is 4.35. The van der Waals surface area contributed by atoms with Crippen LogP contribution in [0, 0.1) is 0 Å². The summed E-state index contributed by atoms with van der Waals surface area (Å²) >= 11 is 0. The van der Waals surface area contributed by atoms with Gasteiger partial charge in [-0.2, -0.15) is 13.2 Å². The van der Waals surface area contributed by atoms with Gasteiger partial charge in [-0.05, 0) is 13.0 Å². The minimum absolute atomic E-state index is 0.638. The average Bonchev–Trinajstić information content (AvgIpc) is 2.26. The quantitative estimate of drug-likeness (QED) is 0.846. The van der Waals surface area contributed by atoms with Crippen molar-refractivity contribution < 1.29 is 36.2 Å². The Morgan fingerprint density at radius 2 is 1.95 bits per heavy atom. The number of hydrogen-bond acceptors (Lipinski definition) is 4. The van der Waals surface area contributed by atoms with E-state index in [1.807, 2.05) is 0 Å². The molecule has 0 saturated heterocycles. The molecular formula is C11H13F3O5S. The molecule has 0 heterocycles. The van der Waals surface area contributed by atoms with Crippen molar-refractivity contribution in [3.63, 3.8) is 0 Å². The molecule has 0 fully saturated rings. The van der Waals surface area contributed by atoms with E-state index in [0.717, 1.165) is 18.2 Å². The van der Waals surface area contributed by atoms with E-state index in [9.17, 15) is 31.5 Å². The summed E-state index contributed by atoms with van der Waals surface area (Å²) in [6.45, 7) is 0.682. The van der Waals surface area contributed by atoms with Gasteiger partial charge >= 0.3 is 12.1 Å². The Balaban J connectivity index is 3.26. The molecule has 3 unspecified atom stereocenters. The third-order valence-electron chi connectivity index (χ3n) is 2.92. The molecule has 0 saturated carbocycles. The maximum Gasteiger partial charge on any atom is 0.414 e. The number of carboxylic acids is 1. The lowest BCUT2D eigenvalue weighted by atomic mass is 9.96. The van der Waals surface area contributed by atoms with Crippen LogP contribution in [0.5, 0.6) is 0 Å². The van der Waals surface area contributed by atoms with Crippen molar-refractivity contribution in [1.29, 1.82) is 0 Å². The van der Waals surface area contributed by atoms with Gasteiger partial charge in [0.05, 0.1) is 0 Å². The van der Waals surface area contributed by atoms with Gasteiger partial charge in [0.15, 0.2) is 15.9 Å². The SMILES string of the molecule is CC(OC1C=CC=CC1(C(=O)O)S(C)(=O)=O)C(F)(F)F. The Hall–Kier alpha value is -1.35. The predicted molar refractivity (Wildman–Crippen MR) is 63.9 cm³/mol. The molecule has 20 heavy (non-hydrogen) atoms. The van der Waals surface area contributed by atoms with Crippen LogP contribution >= 0.6 is 0 Å². The van der Waals surface area contributed by atoms with Crippen LogP contribution in [-0.4, -0.2) is 48.9 Å². The number of ether oxygens (including phenoxy) is 1. The highest BCUT2D eigenvalue weighted by Crippen LogP contribution is 2.33. The van der Waals surface area contributed by atoms with Crippen LogP contribution in [0.2, 0.25) is 0 Å². The molecule has 9 heteroatoms. The van der Waals surface area contributed by atoms with E-state index in [1.54, 1.807) is 0 Å². The minimum Gasteiger partial charge on any atom is -0.480 e. The summed E-state index contributed by atoms with van der Waals surface area (Å²) in [7, 11) is -4.26. The first-order valence-electron chi connectivity index (χ1n) is 5.44. The van der Waals surface area contributed by atoms with E-state index >= 15 is 0 Å². The fraction of sp³-hybridized carbons (Fsp3) is 0.545. The molecule has 0 radical (unpaired) electrons. The van der Waals surface area contributed by atoms with Crippen molar-refractivity contribution in [1.82, 2.24) is 0 Å². The highest BCUT2D eigenvalue weighted by atomic mass is 32.2. The van der Waals surface area contributed by atoms with Gasteiger partial charge in [0.2, 0.25) is 4.75 Å². The summed E-state index contributed by atoms with van der Waals surface area (Å²) < 4.78 is 63.1. The number of rotatable bonds is 4. The van der Waals surface area contributed by atoms with Gasteiger partial charge in [-0.3, -0.25) is 4.79 Å². The van der Waals surface area contributed by atoms with Crippen LogP contribution in [0.25, 0.3) is 0 Å². The standard InChI is InChI=1S/C11H13F3O5S/c1-7(11(12,13)14)19-8-5-3-4-6-10(8,9(15)16)20(2,17)18/h3-8H,1-2H3,(H,15,16). The zero-order valence-corrected chi connectivity index (χ0v) is 11.4. The second kappa shape index (κ2) is 5.21. The maximum absolute atomic E-state index is 12.5. The van der Waals surface area contributed by atoms with Crippen molar-refractivity contribution in [2.45, 2.75) is 30.1 Å². The third kappa shape index (κ3) is 2.88. The van der Waals surface area contributed by atoms with Crippen LogP contribution < -0.4 is 0 Å². The van der Waals surface area contributed by atoms with Crippen LogP contribution in [0.3, 0.4) is 0 Å². The maximum atomic E-state index is 12.5. The van der Waals surface area contributed by atoms with Crippen molar-refractivity contribution in [2.24, 2.45) is 0 Å². The van der Waals surface area contributed by atoms with E-state index in [1.165, 1.54) is 6.08 Å². The zero-order valence-electron chi connectivity index (χ0n) is 10.6. The zero-order chi connectivity index (χ0) is 15.8. The first-order chi connectivity index (χ1) is 8.93. The highest BCUT2D eigenvalue weighted by molar-refractivity contribution is 7.93. The smallest absolute Gasteiger partial charge is 0.414 e. The summed E-state index contributed by atoms with van der Waals surface area (Å²) in [5.74, 6) is -1.79. The summed E-state index contributed by atoms with van der Waals surface area (Å²) in [6, 6.07) is 0. The number of alkyl halides is 3. The summed E-state index contributed by atoms with van der Waals surface area (Å²) in [4.78, 5) is 11.3. The van der Waals surface area contributed by atoms with Crippen LogP contribution in [0.1, 0.15) is 6.92 Å². The first kappa shape index (κ1) is 16.7. The number of aliphatic carboxylic acids is 1. The molecule has 3 atom stereocenters. The minimum atomic E-state index is -4.73. The Morgan fingerprint density at radius 1 is 1.40 bits per heavy atom. The monoisotopic (exact) mass is 314 g/mol. The van der Waals surface area contributed by atoms with Gasteiger partial charge in [-0.15, -0.1) is 0 Å². The van der Waals surface area contributed by atoms with Crippen LogP contribution in [0.15, 0.2) is 24.3 Å². The van der Waals surface area contributed by atoms with Crippen LogP contribution in [-0.2, 0) is 19.4 Å². The number of carbonyl (C=O) groups is 1. The highest BCUT2D eigenvalue weighted by Gasteiger charge is 2.55. The van der Waals surface area contributed by atoms with Gasteiger partial charge in [-0.25, -0.2) is 8.42 Å². The number of sulfone groups is 1. The largest absolute Gasteiger partial charge is 0.480 e. The third-order valence-corrected chi connectivity index (χ3v) is 4.69. The van der Waals surface area contributed by atoms with Crippen molar-refractivity contribution in [2.75, 3.05) is 6.26 Å². The lowest BCUT2D eigenvalue weighted by Crippen LogP contribution is -2.56. The Morgan fingerprint density at radius 3 is 2.35 bits per heavy atom. The molecule has 0 aliphatic heterocycles. The lowest BCUT2D eigenvalue weighted by Gasteiger charge is -2.34. The summed E-state index contributed by atoms with van der Waals surface area (Å²) in [5, 5.41) is 9.18. The molecule has 0 amide bonds. The molecule has 0 aromatic heterocycles. The molecule has 114 valence electrons. The fourth-order valence-corrected chi connectivity index (χ4v) is 2.93. The summed E-state index contributed by atoms with van der Waals surface area (Å²) in [6.07, 6.45) is -3.97. The lowest BCUT2D eigenvalue weighted by molar-refractivity contribution is -0.224. The van der Waals surface area contributed by atoms with Gasteiger partial charge in [-0.1, -0.05) is 18.2 Å². The second-order valence-corrected chi connectivity index (χ2v) is 6.57. The van der Waals surface area contributed by atoms with E-state index in [0.29, 0.717) is 13.2 Å². The van der Waals surface area contributed by atoms with E-state index < -0.39 is 38.9 Å². The molecule has 1 aliphatic rings.